The fourth-order valence-electron chi connectivity index (χ4n) is 0.937. The third kappa shape index (κ3) is 1.70. The van der Waals surface area contributed by atoms with Gasteiger partial charge >= 0.3 is 0 Å². The Labute approximate surface area is 95.5 Å². The molecule has 0 atom stereocenters. The Kier molecular flexibility index (Phi) is 2.80. The Bertz CT molecular complexity index is 412. The largest absolute Gasteiger partial charge is 0.441 e. The van der Waals surface area contributed by atoms with Crippen molar-refractivity contribution in [1.82, 2.24) is 9.97 Å². The molecule has 3 nitrogen and oxygen atoms in total. The highest BCUT2D eigenvalue weighted by Crippen LogP contribution is 2.32. The first-order chi connectivity index (χ1) is 6.33. The monoisotopic (exact) mass is 322 g/mol. The summed E-state index contributed by atoms with van der Waals surface area (Å²) >= 11 is 8.26. The molecular formula is C7H4Br2N2OS. The third-order valence-electron chi connectivity index (χ3n) is 1.51. The number of alkyl halides is 1. The fourth-order valence-corrected chi connectivity index (χ4v) is 2.38. The van der Waals surface area contributed by atoms with E-state index < -0.39 is 0 Å². The molecule has 68 valence electrons. The van der Waals surface area contributed by atoms with Gasteiger partial charge in [0, 0.05) is 5.33 Å². The summed E-state index contributed by atoms with van der Waals surface area (Å²) in [5.74, 6) is 0.727. The van der Waals surface area contributed by atoms with E-state index in [2.05, 4.69) is 41.8 Å². The fraction of sp³-hybridized carbons (Fsp3) is 0.143. The number of oxazole rings is 1. The van der Waals surface area contributed by atoms with Crippen molar-refractivity contribution in [1.29, 1.82) is 0 Å². The lowest BCUT2D eigenvalue weighted by molar-refractivity contribution is 0.569. The van der Waals surface area contributed by atoms with Gasteiger partial charge in [-0.15, -0.1) is 11.3 Å². The molecule has 0 radical (unpaired) electrons. The molecule has 2 heterocycles. The van der Waals surface area contributed by atoms with Gasteiger partial charge in [-0.05, 0) is 15.9 Å². The Morgan fingerprint density at radius 2 is 2.31 bits per heavy atom. The summed E-state index contributed by atoms with van der Waals surface area (Å²) in [5.41, 5.74) is 3.45. The molecule has 2 rings (SSSR count). The van der Waals surface area contributed by atoms with Gasteiger partial charge in [-0.25, -0.2) is 9.97 Å². The Morgan fingerprint density at radius 3 is 2.92 bits per heavy atom. The lowest BCUT2D eigenvalue weighted by atomic mass is 10.3. The minimum atomic E-state index is 0.669. The SMILES string of the molecule is BrCc1ncoc1-c1ncsc1Br. The molecule has 13 heavy (non-hydrogen) atoms. The summed E-state index contributed by atoms with van der Waals surface area (Å²) in [6, 6.07) is 0. The predicted molar refractivity (Wildman–Crippen MR) is 57.9 cm³/mol. The van der Waals surface area contributed by atoms with Crippen molar-refractivity contribution in [2.24, 2.45) is 0 Å². The van der Waals surface area contributed by atoms with Crippen molar-refractivity contribution in [2.75, 3.05) is 0 Å². The molecule has 0 aliphatic heterocycles. The molecule has 0 aliphatic rings. The van der Waals surface area contributed by atoms with E-state index >= 15 is 0 Å². The van der Waals surface area contributed by atoms with Gasteiger partial charge < -0.3 is 4.42 Å². The summed E-state index contributed by atoms with van der Waals surface area (Å²) < 4.78 is 6.22. The molecular weight excluding hydrogens is 320 g/mol. The second-order valence-corrected chi connectivity index (χ2v) is 4.97. The maximum atomic E-state index is 5.25. The maximum absolute atomic E-state index is 5.25. The minimum Gasteiger partial charge on any atom is -0.441 e. The van der Waals surface area contributed by atoms with Crippen molar-refractivity contribution < 1.29 is 4.42 Å². The molecule has 0 saturated carbocycles. The summed E-state index contributed by atoms with van der Waals surface area (Å²) in [4.78, 5) is 8.25. The van der Waals surface area contributed by atoms with E-state index in [0.717, 1.165) is 20.9 Å². The molecule has 0 aromatic carbocycles. The number of thiazole rings is 1. The highest BCUT2D eigenvalue weighted by atomic mass is 79.9. The zero-order valence-electron chi connectivity index (χ0n) is 6.33. The lowest BCUT2D eigenvalue weighted by Crippen LogP contribution is -1.82. The van der Waals surface area contributed by atoms with E-state index in [4.69, 9.17) is 4.42 Å². The lowest BCUT2D eigenvalue weighted by Gasteiger charge is -1.93. The zero-order chi connectivity index (χ0) is 9.26. The van der Waals surface area contributed by atoms with Gasteiger partial charge in [0.1, 0.15) is 9.48 Å². The number of rotatable bonds is 2. The van der Waals surface area contributed by atoms with Crippen LogP contribution in [-0.2, 0) is 5.33 Å². The number of aromatic nitrogens is 2. The summed E-state index contributed by atoms with van der Waals surface area (Å²) in [7, 11) is 0. The van der Waals surface area contributed by atoms with Crippen LogP contribution in [0.1, 0.15) is 5.69 Å². The Hall–Kier alpha value is -0.200. The standard InChI is InChI=1S/C7H4Br2N2OS/c8-1-4-6(12-2-10-4)5-7(9)13-3-11-5/h2-3H,1H2. The molecule has 0 aliphatic carbocycles. The molecule has 2 aromatic heterocycles. The van der Waals surface area contributed by atoms with Gasteiger partial charge in [0.05, 0.1) is 11.2 Å². The Morgan fingerprint density at radius 1 is 1.46 bits per heavy atom. The predicted octanol–water partition coefficient (Wildman–Crippen LogP) is 3.46. The number of halogens is 2. The van der Waals surface area contributed by atoms with Crippen LogP contribution in [0.2, 0.25) is 0 Å². The van der Waals surface area contributed by atoms with Crippen LogP contribution in [0.5, 0.6) is 0 Å². The molecule has 2 aromatic rings. The van der Waals surface area contributed by atoms with Gasteiger partial charge in [-0.2, -0.15) is 0 Å². The van der Waals surface area contributed by atoms with Gasteiger partial charge in [0.2, 0.25) is 0 Å². The second kappa shape index (κ2) is 3.89. The molecule has 0 amide bonds. The second-order valence-electron chi connectivity index (χ2n) is 2.24. The maximum Gasteiger partial charge on any atom is 0.181 e. The first-order valence-corrected chi connectivity index (χ1v) is 6.20. The van der Waals surface area contributed by atoms with Crippen LogP contribution in [0.4, 0.5) is 0 Å². The topological polar surface area (TPSA) is 38.9 Å². The third-order valence-corrected chi connectivity index (χ3v) is 3.59. The van der Waals surface area contributed by atoms with Gasteiger partial charge in [0.15, 0.2) is 12.2 Å². The highest BCUT2D eigenvalue weighted by Gasteiger charge is 2.14. The highest BCUT2D eigenvalue weighted by molar-refractivity contribution is 9.11. The van der Waals surface area contributed by atoms with Crippen LogP contribution in [0.25, 0.3) is 11.5 Å². The van der Waals surface area contributed by atoms with E-state index in [1.165, 1.54) is 17.7 Å². The number of nitrogens with zero attached hydrogens (tertiary/aromatic N) is 2. The summed E-state index contributed by atoms with van der Waals surface area (Å²) in [6.07, 6.45) is 1.43. The molecule has 6 heteroatoms. The average molecular weight is 324 g/mol. The molecule has 0 unspecified atom stereocenters. The van der Waals surface area contributed by atoms with E-state index in [1.54, 1.807) is 5.51 Å². The van der Waals surface area contributed by atoms with Gasteiger partial charge in [0.25, 0.3) is 0 Å². The van der Waals surface area contributed by atoms with Gasteiger partial charge in [-0.3, -0.25) is 0 Å². The normalized spacial score (nSPS) is 10.6. The number of hydrogen-bond donors (Lipinski definition) is 0. The van der Waals surface area contributed by atoms with E-state index in [-0.39, 0.29) is 0 Å². The molecule has 0 spiro atoms. The van der Waals surface area contributed by atoms with Gasteiger partial charge in [-0.1, -0.05) is 15.9 Å². The van der Waals surface area contributed by atoms with Crippen molar-refractivity contribution in [3.63, 3.8) is 0 Å². The van der Waals surface area contributed by atoms with Crippen LogP contribution in [-0.4, -0.2) is 9.97 Å². The van der Waals surface area contributed by atoms with E-state index in [0.29, 0.717) is 5.33 Å². The van der Waals surface area contributed by atoms with E-state index in [9.17, 15) is 0 Å². The van der Waals surface area contributed by atoms with Crippen molar-refractivity contribution in [3.8, 4) is 11.5 Å². The van der Waals surface area contributed by atoms with Crippen LogP contribution in [0.15, 0.2) is 20.1 Å². The summed E-state index contributed by atoms with van der Waals surface area (Å²) in [5, 5.41) is 0.669. The average Bonchev–Trinajstić information content (AvgIpc) is 2.71. The first kappa shape index (κ1) is 9.36. The number of hydrogen-bond acceptors (Lipinski definition) is 4. The quantitative estimate of drug-likeness (QED) is 0.794. The zero-order valence-corrected chi connectivity index (χ0v) is 10.3. The molecule has 0 N–H and O–H groups in total. The van der Waals surface area contributed by atoms with Crippen molar-refractivity contribution in [3.05, 3.63) is 21.4 Å². The minimum absolute atomic E-state index is 0.669. The molecule has 0 bridgehead atoms. The van der Waals surface area contributed by atoms with Crippen molar-refractivity contribution in [2.45, 2.75) is 5.33 Å². The summed E-state index contributed by atoms with van der Waals surface area (Å²) in [6.45, 7) is 0. The first-order valence-electron chi connectivity index (χ1n) is 3.40. The Balaban J connectivity index is 2.52. The van der Waals surface area contributed by atoms with Crippen LogP contribution < -0.4 is 0 Å². The molecule has 0 fully saturated rings. The smallest absolute Gasteiger partial charge is 0.181 e. The van der Waals surface area contributed by atoms with Crippen LogP contribution in [0.3, 0.4) is 0 Å². The van der Waals surface area contributed by atoms with Crippen LogP contribution >= 0.6 is 43.2 Å². The van der Waals surface area contributed by atoms with Crippen molar-refractivity contribution >= 4 is 43.2 Å². The van der Waals surface area contributed by atoms with E-state index in [1.807, 2.05) is 0 Å². The molecule has 0 saturated heterocycles. The van der Waals surface area contributed by atoms with Crippen LogP contribution in [0, 0.1) is 0 Å².